The summed E-state index contributed by atoms with van der Waals surface area (Å²) in [6.07, 6.45) is 8.21. The van der Waals surface area contributed by atoms with Crippen molar-refractivity contribution >= 4 is 27.8 Å². The van der Waals surface area contributed by atoms with Crippen LogP contribution in [0.4, 0.5) is 4.39 Å². The first-order valence-electron chi connectivity index (χ1n) is 11.5. The highest BCUT2D eigenvalue weighted by molar-refractivity contribution is 6.13. The number of rotatable bonds is 4. The standard InChI is InChI=1S/C26H23FN6O2/c1-33-13-16(10-30-33)21-9-19-22(12-28-21)32-25-24(19)23(20(27)11-29-25)14-2-4-15(5-3-14)26(35)31-17-6-7-18(34)8-17/h2-5,9-13,17-18,34H,6-8H2,1H3,(H,29,32)(H,31,35)/t17-,18+/m1/s1. The maximum atomic E-state index is 15.2. The topological polar surface area (TPSA) is 109 Å². The zero-order valence-corrected chi connectivity index (χ0v) is 19.0. The van der Waals surface area contributed by atoms with Crippen molar-refractivity contribution in [2.75, 3.05) is 0 Å². The smallest absolute Gasteiger partial charge is 0.251 e. The maximum absolute atomic E-state index is 15.2. The van der Waals surface area contributed by atoms with Gasteiger partial charge in [-0.15, -0.1) is 0 Å². The second-order valence-electron chi connectivity index (χ2n) is 9.06. The van der Waals surface area contributed by atoms with E-state index in [9.17, 15) is 9.90 Å². The molecule has 176 valence electrons. The molecule has 1 aliphatic rings. The summed E-state index contributed by atoms with van der Waals surface area (Å²) in [5, 5.41) is 18.3. The summed E-state index contributed by atoms with van der Waals surface area (Å²) in [6.45, 7) is 0. The Balaban J connectivity index is 1.40. The van der Waals surface area contributed by atoms with Crippen LogP contribution in [-0.2, 0) is 7.05 Å². The Bertz CT molecular complexity index is 1570. The molecule has 4 heterocycles. The summed E-state index contributed by atoms with van der Waals surface area (Å²) in [5.74, 6) is -0.648. The molecule has 8 nitrogen and oxygen atoms in total. The first-order valence-corrected chi connectivity index (χ1v) is 11.5. The minimum Gasteiger partial charge on any atom is -0.393 e. The Labute approximate surface area is 199 Å². The summed E-state index contributed by atoms with van der Waals surface area (Å²) >= 11 is 0. The van der Waals surface area contributed by atoms with Crippen molar-refractivity contribution in [3.05, 3.63) is 66.5 Å². The van der Waals surface area contributed by atoms with Crippen LogP contribution in [-0.4, -0.2) is 47.9 Å². The van der Waals surface area contributed by atoms with Crippen LogP contribution >= 0.6 is 0 Å². The summed E-state index contributed by atoms with van der Waals surface area (Å²) < 4.78 is 16.9. The fourth-order valence-corrected chi connectivity index (χ4v) is 4.87. The van der Waals surface area contributed by atoms with E-state index in [1.165, 1.54) is 6.20 Å². The largest absolute Gasteiger partial charge is 0.393 e. The molecule has 0 saturated heterocycles. The lowest BCUT2D eigenvalue weighted by molar-refractivity contribution is 0.0934. The Hall–Kier alpha value is -4.11. The van der Waals surface area contributed by atoms with E-state index >= 15 is 4.39 Å². The first-order chi connectivity index (χ1) is 17.0. The van der Waals surface area contributed by atoms with Crippen molar-refractivity contribution in [1.82, 2.24) is 30.0 Å². The summed E-state index contributed by atoms with van der Waals surface area (Å²) in [7, 11) is 1.84. The number of hydrogen-bond acceptors (Lipinski definition) is 5. The number of nitrogens with zero attached hydrogens (tertiary/aromatic N) is 4. The minimum atomic E-state index is -0.449. The lowest BCUT2D eigenvalue weighted by Gasteiger charge is -2.13. The average molecular weight is 471 g/mol. The Morgan fingerprint density at radius 1 is 1.14 bits per heavy atom. The predicted octanol–water partition coefficient (Wildman–Crippen LogP) is 3.96. The molecule has 5 aromatic rings. The number of aliphatic hydroxyl groups is 1. The molecular weight excluding hydrogens is 447 g/mol. The van der Waals surface area contributed by atoms with Crippen LogP contribution in [0, 0.1) is 5.82 Å². The van der Waals surface area contributed by atoms with Crippen LogP contribution in [0.15, 0.2) is 55.1 Å². The highest BCUT2D eigenvalue weighted by atomic mass is 19.1. The van der Waals surface area contributed by atoms with Gasteiger partial charge in [0.05, 0.1) is 35.9 Å². The van der Waals surface area contributed by atoms with Crippen molar-refractivity contribution in [1.29, 1.82) is 0 Å². The van der Waals surface area contributed by atoms with E-state index < -0.39 is 5.82 Å². The monoisotopic (exact) mass is 470 g/mol. The number of aromatic amines is 1. The van der Waals surface area contributed by atoms with E-state index in [2.05, 4.69) is 25.4 Å². The van der Waals surface area contributed by atoms with Crippen molar-refractivity contribution in [2.45, 2.75) is 31.4 Å². The number of halogens is 1. The molecule has 2 atom stereocenters. The number of carbonyl (C=O) groups excluding carboxylic acids is 1. The van der Waals surface area contributed by atoms with Gasteiger partial charge in [-0.1, -0.05) is 12.1 Å². The van der Waals surface area contributed by atoms with Gasteiger partial charge < -0.3 is 15.4 Å². The van der Waals surface area contributed by atoms with Gasteiger partial charge in [-0.3, -0.25) is 14.5 Å². The van der Waals surface area contributed by atoms with Gasteiger partial charge in [-0.2, -0.15) is 5.10 Å². The van der Waals surface area contributed by atoms with Crippen molar-refractivity contribution in [3.8, 4) is 22.4 Å². The van der Waals surface area contributed by atoms with Gasteiger partial charge in [-0.05, 0) is 43.0 Å². The zero-order valence-electron chi connectivity index (χ0n) is 19.0. The van der Waals surface area contributed by atoms with Crippen molar-refractivity contribution < 1.29 is 14.3 Å². The molecule has 1 saturated carbocycles. The Kier molecular flexibility index (Phi) is 5.07. The van der Waals surface area contributed by atoms with Gasteiger partial charge in [0.15, 0.2) is 0 Å². The molecule has 1 amide bonds. The highest BCUT2D eigenvalue weighted by Gasteiger charge is 2.24. The van der Waals surface area contributed by atoms with E-state index in [1.54, 1.807) is 41.3 Å². The van der Waals surface area contributed by atoms with Gasteiger partial charge in [0.25, 0.3) is 5.91 Å². The Morgan fingerprint density at radius 3 is 2.69 bits per heavy atom. The molecule has 1 aliphatic carbocycles. The van der Waals surface area contributed by atoms with E-state index in [0.29, 0.717) is 40.6 Å². The number of H-pyrrole nitrogens is 1. The molecular formula is C26H23FN6O2. The van der Waals surface area contributed by atoms with Crippen LogP contribution < -0.4 is 5.32 Å². The van der Waals surface area contributed by atoms with Gasteiger partial charge in [0.2, 0.25) is 0 Å². The average Bonchev–Trinajstić information content (AvgIpc) is 3.57. The zero-order chi connectivity index (χ0) is 24.1. The second-order valence-corrected chi connectivity index (χ2v) is 9.06. The third kappa shape index (κ3) is 3.83. The van der Waals surface area contributed by atoms with Gasteiger partial charge in [0, 0.05) is 46.7 Å². The number of benzene rings is 1. The first kappa shape index (κ1) is 21.4. The predicted molar refractivity (Wildman–Crippen MR) is 130 cm³/mol. The molecule has 6 rings (SSSR count). The Morgan fingerprint density at radius 2 is 1.97 bits per heavy atom. The fraction of sp³-hybridized carbons (Fsp3) is 0.231. The molecule has 0 spiro atoms. The minimum absolute atomic E-state index is 0.0247. The van der Waals surface area contributed by atoms with Crippen LogP contribution in [0.1, 0.15) is 29.6 Å². The van der Waals surface area contributed by atoms with E-state index in [4.69, 9.17) is 0 Å². The number of hydrogen-bond donors (Lipinski definition) is 3. The molecule has 1 aromatic carbocycles. The molecule has 9 heteroatoms. The van der Waals surface area contributed by atoms with Gasteiger partial charge in [0.1, 0.15) is 11.5 Å². The number of aryl methyl sites for hydroxylation is 1. The summed E-state index contributed by atoms with van der Waals surface area (Å²) in [4.78, 5) is 24.7. The summed E-state index contributed by atoms with van der Waals surface area (Å²) in [6, 6.07) is 8.77. The number of carbonyl (C=O) groups is 1. The van der Waals surface area contributed by atoms with Gasteiger partial charge >= 0.3 is 0 Å². The fourth-order valence-electron chi connectivity index (χ4n) is 4.87. The number of pyridine rings is 2. The number of aliphatic hydroxyl groups excluding tert-OH is 1. The van der Waals surface area contributed by atoms with E-state index in [-0.39, 0.29) is 18.1 Å². The molecule has 0 radical (unpaired) electrons. The van der Waals surface area contributed by atoms with E-state index in [0.717, 1.165) is 28.6 Å². The SMILES string of the molecule is Cn1cc(-c2cc3c(cn2)[nH]c2ncc(F)c(-c4ccc(C(=O)N[C@@H]5CC[C@H](O)C5)cc4)c23)cn1. The molecule has 35 heavy (non-hydrogen) atoms. The van der Waals surface area contributed by atoms with Crippen molar-refractivity contribution in [3.63, 3.8) is 0 Å². The van der Waals surface area contributed by atoms with Crippen LogP contribution in [0.2, 0.25) is 0 Å². The lowest BCUT2D eigenvalue weighted by atomic mass is 9.99. The number of aromatic nitrogens is 5. The van der Waals surface area contributed by atoms with Crippen LogP contribution in [0.3, 0.4) is 0 Å². The molecule has 3 N–H and O–H groups in total. The molecule has 0 unspecified atom stereocenters. The lowest BCUT2D eigenvalue weighted by Crippen LogP contribution is -2.33. The third-order valence-electron chi connectivity index (χ3n) is 6.64. The normalized spacial score (nSPS) is 17.9. The van der Waals surface area contributed by atoms with Gasteiger partial charge in [-0.25, -0.2) is 9.37 Å². The van der Waals surface area contributed by atoms with Crippen molar-refractivity contribution in [2.24, 2.45) is 7.05 Å². The molecule has 0 bridgehead atoms. The third-order valence-corrected chi connectivity index (χ3v) is 6.64. The van der Waals surface area contributed by atoms with Crippen LogP contribution in [0.25, 0.3) is 44.3 Å². The number of fused-ring (bicyclic) bond motifs is 3. The van der Waals surface area contributed by atoms with Crippen LogP contribution in [0.5, 0.6) is 0 Å². The maximum Gasteiger partial charge on any atom is 0.251 e. The number of amides is 1. The molecule has 1 fully saturated rings. The number of nitrogens with one attached hydrogen (secondary N) is 2. The molecule has 0 aliphatic heterocycles. The summed E-state index contributed by atoms with van der Waals surface area (Å²) in [5.41, 5.74) is 4.44. The van der Waals surface area contributed by atoms with E-state index in [1.807, 2.05) is 19.3 Å². The highest BCUT2D eigenvalue weighted by Crippen LogP contribution is 2.36. The quantitative estimate of drug-likeness (QED) is 0.368. The second kappa shape index (κ2) is 8.28. The molecule has 4 aromatic heterocycles.